The highest BCUT2D eigenvalue weighted by Crippen LogP contribution is 2.32. The molecule has 0 aromatic heterocycles. The number of carbonyl (C=O) groups excluding carboxylic acids is 2. The van der Waals surface area contributed by atoms with Gasteiger partial charge in [0.05, 0.1) is 7.11 Å². The molecule has 1 heterocycles. The van der Waals surface area contributed by atoms with E-state index in [9.17, 15) is 9.59 Å². The monoisotopic (exact) mass is 421 g/mol. The van der Waals surface area contributed by atoms with Crippen molar-refractivity contribution in [1.29, 1.82) is 0 Å². The Labute approximate surface area is 184 Å². The summed E-state index contributed by atoms with van der Waals surface area (Å²) in [6, 6.07) is 15.7. The summed E-state index contributed by atoms with van der Waals surface area (Å²) in [6.07, 6.45) is 1.48. The lowest BCUT2D eigenvalue weighted by molar-refractivity contribution is 0.0773. The molecule has 0 bridgehead atoms. The quantitative estimate of drug-likeness (QED) is 0.719. The molecule has 2 aromatic rings. The first-order valence-electron chi connectivity index (χ1n) is 10.8. The van der Waals surface area contributed by atoms with Gasteiger partial charge < -0.3 is 15.0 Å². The molecule has 3 rings (SSSR count). The SMILES string of the molecule is CCN(CC)C(=O)c1ccc(C(=C2CCNCC2)c2ccc(NC(=O)OC)cc2)cc1. The van der Waals surface area contributed by atoms with Crippen LogP contribution in [0.15, 0.2) is 54.1 Å². The molecule has 2 aromatic carbocycles. The van der Waals surface area contributed by atoms with Crippen LogP contribution >= 0.6 is 0 Å². The second-order valence-electron chi connectivity index (χ2n) is 7.48. The van der Waals surface area contributed by atoms with E-state index in [0.717, 1.165) is 37.1 Å². The Morgan fingerprint density at radius 3 is 1.94 bits per heavy atom. The normalized spacial score (nSPS) is 13.5. The highest BCUT2D eigenvalue weighted by atomic mass is 16.5. The minimum Gasteiger partial charge on any atom is -0.453 e. The maximum atomic E-state index is 12.7. The van der Waals surface area contributed by atoms with Crippen molar-refractivity contribution in [3.63, 3.8) is 0 Å². The van der Waals surface area contributed by atoms with Gasteiger partial charge in [0, 0.05) is 24.3 Å². The topological polar surface area (TPSA) is 70.7 Å². The predicted molar refractivity (Wildman–Crippen MR) is 124 cm³/mol. The minimum absolute atomic E-state index is 0.0610. The summed E-state index contributed by atoms with van der Waals surface area (Å²) < 4.78 is 4.66. The Balaban J connectivity index is 1.94. The van der Waals surface area contributed by atoms with Crippen molar-refractivity contribution in [2.24, 2.45) is 0 Å². The lowest BCUT2D eigenvalue weighted by atomic mass is 9.88. The Hall–Kier alpha value is -3.12. The van der Waals surface area contributed by atoms with E-state index in [1.54, 1.807) is 0 Å². The van der Waals surface area contributed by atoms with E-state index in [0.29, 0.717) is 24.3 Å². The maximum absolute atomic E-state index is 12.7. The predicted octanol–water partition coefficient (Wildman–Crippen LogP) is 4.53. The number of methoxy groups -OCH3 is 1. The molecule has 164 valence electrons. The number of benzene rings is 2. The molecule has 1 aliphatic rings. The number of ether oxygens (including phenoxy) is 1. The molecule has 0 aliphatic carbocycles. The van der Waals surface area contributed by atoms with Gasteiger partial charge in [0.15, 0.2) is 0 Å². The van der Waals surface area contributed by atoms with Gasteiger partial charge in [-0.2, -0.15) is 0 Å². The fourth-order valence-corrected chi connectivity index (χ4v) is 3.92. The average Bonchev–Trinajstić information content (AvgIpc) is 2.82. The zero-order valence-electron chi connectivity index (χ0n) is 18.5. The van der Waals surface area contributed by atoms with Crippen molar-refractivity contribution in [1.82, 2.24) is 10.2 Å². The molecule has 31 heavy (non-hydrogen) atoms. The zero-order valence-corrected chi connectivity index (χ0v) is 18.5. The number of piperidine rings is 1. The second-order valence-corrected chi connectivity index (χ2v) is 7.48. The molecular formula is C25H31N3O3. The average molecular weight is 422 g/mol. The number of nitrogens with one attached hydrogen (secondary N) is 2. The fourth-order valence-electron chi connectivity index (χ4n) is 3.92. The Morgan fingerprint density at radius 2 is 1.42 bits per heavy atom. The van der Waals surface area contributed by atoms with Gasteiger partial charge in [0.1, 0.15) is 0 Å². The van der Waals surface area contributed by atoms with Crippen LogP contribution in [0.25, 0.3) is 5.57 Å². The smallest absolute Gasteiger partial charge is 0.411 e. The van der Waals surface area contributed by atoms with E-state index in [4.69, 9.17) is 0 Å². The third-order valence-corrected chi connectivity index (χ3v) is 5.64. The Morgan fingerprint density at radius 1 is 0.903 bits per heavy atom. The van der Waals surface area contributed by atoms with Crippen molar-refractivity contribution in [2.45, 2.75) is 26.7 Å². The number of hydrogen-bond acceptors (Lipinski definition) is 4. The lowest BCUT2D eigenvalue weighted by Crippen LogP contribution is -2.30. The van der Waals surface area contributed by atoms with Crippen molar-refractivity contribution in [3.05, 3.63) is 70.8 Å². The van der Waals surface area contributed by atoms with Crippen LogP contribution in [0.2, 0.25) is 0 Å². The molecule has 2 amide bonds. The van der Waals surface area contributed by atoms with Crippen molar-refractivity contribution in [2.75, 3.05) is 38.6 Å². The number of anilines is 1. The molecule has 0 saturated carbocycles. The number of carbonyl (C=O) groups is 2. The van der Waals surface area contributed by atoms with Gasteiger partial charge in [-0.15, -0.1) is 0 Å². The van der Waals surface area contributed by atoms with Crippen LogP contribution in [0, 0.1) is 0 Å². The molecule has 1 aliphatic heterocycles. The van der Waals surface area contributed by atoms with Crippen LogP contribution in [0.1, 0.15) is 48.2 Å². The molecule has 2 N–H and O–H groups in total. The molecular weight excluding hydrogens is 390 g/mol. The van der Waals surface area contributed by atoms with Crippen molar-refractivity contribution < 1.29 is 14.3 Å². The number of amides is 2. The van der Waals surface area contributed by atoms with E-state index in [2.05, 4.69) is 15.4 Å². The van der Waals surface area contributed by atoms with Crippen LogP contribution < -0.4 is 10.6 Å². The largest absolute Gasteiger partial charge is 0.453 e. The number of rotatable bonds is 6. The van der Waals surface area contributed by atoms with Crippen molar-refractivity contribution >= 4 is 23.3 Å². The first kappa shape index (κ1) is 22.6. The summed E-state index contributed by atoms with van der Waals surface area (Å²) in [5.41, 5.74) is 6.19. The number of hydrogen-bond donors (Lipinski definition) is 2. The summed E-state index contributed by atoms with van der Waals surface area (Å²) in [4.78, 5) is 26.0. The van der Waals surface area contributed by atoms with E-state index in [1.165, 1.54) is 18.3 Å². The summed E-state index contributed by atoms with van der Waals surface area (Å²) >= 11 is 0. The molecule has 0 radical (unpaired) electrons. The summed E-state index contributed by atoms with van der Waals surface area (Å²) in [7, 11) is 1.35. The van der Waals surface area contributed by atoms with E-state index in [-0.39, 0.29) is 5.91 Å². The molecule has 1 saturated heterocycles. The van der Waals surface area contributed by atoms with E-state index in [1.807, 2.05) is 67.3 Å². The molecule has 6 nitrogen and oxygen atoms in total. The van der Waals surface area contributed by atoms with Crippen LogP contribution in [0.4, 0.5) is 10.5 Å². The first-order valence-corrected chi connectivity index (χ1v) is 10.8. The van der Waals surface area contributed by atoms with Crippen LogP contribution in [-0.2, 0) is 4.74 Å². The van der Waals surface area contributed by atoms with Gasteiger partial charge in [0.2, 0.25) is 0 Å². The van der Waals surface area contributed by atoms with Crippen LogP contribution in [0.5, 0.6) is 0 Å². The third kappa shape index (κ3) is 5.52. The molecule has 6 heteroatoms. The van der Waals surface area contributed by atoms with E-state index < -0.39 is 6.09 Å². The summed E-state index contributed by atoms with van der Waals surface area (Å²) in [6.45, 7) is 7.30. The standard InChI is InChI=1S/C25H31N3O3/c1-4-28(5-2)24(29)21-8-6-18(7-9-21)23(20-14-16-26-17-15-20)19-10-12-22(13-11-19)27-25(30)31-3/h6-13,26H,4-5,14-17H2,1-3H3,(H,27,30). The lowest BCUT2D eigenvalue weighted by Gasteiger charge is -2.22. The first-order chi connectivity index (χ1) is 15.1. The fraction of sp³-hybridized carbons (Fsp3) is 0.360. The number of nitrogens with zero attached hydrogens (tertiary/aromatic N) is 1. The van der Waals surface area contributed by atoms with Gasteiger partial charge >= 0.3 is 6.09 Å². The van der Waals surface area contributed by atoms with Crippen molar-refractivity contribution in [3.8, 4) is 0 Å². The van der Waals surface area contributed by atoms with Gasteiger partial charge in [-0.25, -0.2) is 4.79 Å². The van der Waals surface area contributed by atoms with E-state index >= 15 is 0 Å². The third-order valence-electron chi connectivity index (χ3n) is 5.64. The Kier molecular flexibility index (Phi) is 7.84. The van der Waals surface area contributed by atoms with Gasteiger partial charge in [-0.1, -0.05) is 29.8 Å². The van der Waals surface area contributed by atoms with Gasteiger partial charge in [-0.05, 0) is 80.7 Å². The summed E-state index contributed by atoms with van der Waals surface area (Å²) in [5, 5.41) is 6.10. The molecule has 0 spiro atoms. The molecule has 1 fully saturated rings. The maximum Gasteiger partial charge on any atom is 0.411 e. The molecule has 0 atom stereocenters. The van der Waals surface area contributed by atoms with Gasteiger partial charge in [0.25, 0.3) is 5.91 Å². The minimum atomic E-state index is -0.488. The van der Waals surface area contributed by atoms with Crippen LogP contribution in [-0.4, -0.2) is 50.2 Å². The summed E-state index contributed by atoms with van der Waals surface area (Å²) in [5.74, 6) is 0.0610. The zero-order chi connectivity index (χ0) is 22.2. The second kappa shape index (κ2) is 10.8. The Bertz CT molecular complexity index is 921. The van der Waals surface area contributed by atoms with Crippen LogP contribution in [0.3, 0.4) is 0 Å². The molecule has 0 unspecified atom stereocenters. The highest BCUT2D eigenvalue weighted by molar-refractivity contribution is 5.95. The van der Waals surface area contributed by atoms with Gasteiger partial charge in [-0.3, -0.25) is 10.1 Å². The highest BCUT2D eigenvalue weighted by Gasteiger charge is 2.17.